The first-order chi connectivity index (χ1) is 16.0. The number of nitrogens with zero attached hydrogens (tertiary/aromatic N) is 1. The monoisotopic (exact) mass is 437 g/mol. The van der Waals surface area contributed by atoms with Gasteiger partial charge in [-0.1, -0.05) is 42.5 Å². The highest BCUT2D eigenvalue weighted by atomic mass is 16.5. The predicted octanol–water partition coefficient (Wildman–Crippen LogP) is 5.35. The predicted molar refractivity (Wildman–Crippen MR) is 132 cm³/mol. The van der Waals surface area contributed by atoms with Crippen molar-refractivity contribution in [3.8, 4) is 0 Å². The van der Waals surface area contributed by atoms with Gasteiger partial charge in [0.2, 0.25) is 0 Å². The number of nitrogens with two attached hydrogens (primary N) is 1. The molecule has 3 N–H and O–H groups in total. The number of amides is 1. The molecule has 6 nitrogen and oxygen atoms in total. The first kappa shape index (κ1) is 20.6. The highest BCUT2D eigenvalue weighted by Gasteiger charge is 2.15. The van der Waals surface area contributed by atoms with Crippen LogP contribution in [0.5, 0.6) is 0 Å². The van der Waals surface area contributed by atoms with Crippen LogP contribution in [0.15, 0.2) is 78.9 Å². The summed E-state index contributed by atoms with van der Waals surface area (Å²) in [5.41, 5.74) is 9.49. The molecule has 0 aliphatic rings. The minimum absolute atomic E-state index is 0.246. The Bertz CT molecular complexity index is 1530. The number of nitrogens with one attached hydrogen (secondary N) is 1. The molecule has 1 aromatic heterocycles. The van der Waals surface area contributed by atoms with Crippen LogP contribution in [0, 0.1) is 0 Å². The van der Waals surface area contributed by atoms with Crippen molar-refractivity contribution in [1.29, 1.82) is 0 Å². The van der Waals surface area contributed by atoms with Crippen molar-refractivity contribution in [2.75, 3.05) is 17.7 Å². The molecule has 0 saturated heterocycles. The molecule has 1 heterocycles. The van der Waals surface area contributed by atoms with Gasteiger partial charge in [-0.2, -0.15) is 0 Å². The van der Waals surface area contributed by atoms with Crippen molar-refractivity contribution in [2.45, 2.75) is 13.5 Å². The normalized spacial score (nSPS) is 11.2. The number of rotatable bonds is 5. The van der Waals surface area contributed by atoms with Gasteiger partial charge in [0.15, 0.2) is 6.61 Å². The lowest BCUT2D eigenvalue weighted by Crippen LogP contribution is -2.21. The number of carbonyl (C=O) groups is 2. The highest BCUT2D eigenvalue weighted by molar-refractivity contribution is 6.10. The molecule has 5 aromatic rings. The van der Waals surface area contributed by atoms with E-state index in [0.29, 0.717) is 11.4 Å². The SMILES string of the molecule is CCn1c2ccccc2c2cc(NC(=O)COC(=O)c3cc4ccccc4cc3N)ccc21. The van der Waals surface area contributed by atoms with Gasteiger partial charge >= 0.3 is 5.97 Å². The van der Waals surface area contributed by atoms with E-state index < -0.39 is 18.5 Å². The molecule has 0 atom stereocenters. The summed E-state index contributed by atoms with van der Waals surface area (Å²) in [7, 11) is 0. The molecule has 0 aliphatic heterocycles. The summed E-state index contributed by atoms with van der Waals surface area (Å²) in [6.45, 7) is 2.56. The Kier molecular flexibility index (Phi) is 5.18. The van der Waals surface area contributed by atoms with E-state index in [0.717, 1.165) is 39.1 Å². The summed E-state index contributed by atoms with van der Waals surface area (Å²) in [5.74, 6) is -1.05. The van der Waals surface area contributed by atoms with Crippen LogP contribution in [0.3, 0.4) is 0 Å². The molecule has 1 amide bonds. The number of fused-ring (bicyclic) bond motifs is 4. The van der Waals surface area contributed by atoms with E-state index in [2.05, 4.69) is 28.9 Å². The van der Waals surface area contributed by atoms with Gasteiger partial charge in [0.05, 0.1) is 5.56 Å². The number of benzene rings is 4. The smallest absolute Gasteiger partial charge is 0.340 e. The summed E-state index contributed by atoms with van der Waals surface area (Å²) in [5, 5.41) is 6.82. The van der Waals surface area contributed by atoms with Gasteiger partial charge in [-0.05, 0) is 54.1 Å². The van der Waals surface area contributed by atoms with E-state index in [4.69, 9.17) is 10.5 Å². The molecule has 4 aromatic carbocycles. The van der Waals surface area contributed by atoms with Gasteiger partial charge in [0.25, 0.3) is 5.91 Å². The summed E-state index contributed by atoms with van der Waals surface area (Å²) in [4.78, 5) is 25.0. The second-order valence-corrected chi connectivity index (χ2v) is 7.90. The molecule has 5 rings (SSSR count). The molecule has 0 bridgehead atoms. The number of nitrogen functional groups attached to an aromatic ring is 1. The molecule has 6 heteroatoms. The number of aryl methyl sites for hydroxylation is 1. The zero-order valence-corrected chi connectivity index (χ0v) is 18.2. The molecular formula is C27H23N3O3. The third kappa shape index (κ3) is 3.76. The maximum absolute atomic E-state index is 12.5. The Balaban J connectivity index is 1.32. The lowest BCUT2D eigenvalue weighted by Gasteiger charge is -2.10. The molecule has 0 saturated carbocycles. The molecule has 0 radical (unpaired) electrons. The average molecular weight is 437 g/mol. The van der Waals surface area contributed by atoms with Crippen LogP contribution in [0.25, 0.3) is 32.6 Å². The summed E-state index contributed by atoms with van der Waals surface area (Å²) in [6.07, 6.45) is 0. The number of esters is 1. The quantitative estimate of drug-likeness (QED) is 0.287. The topological polar surface area (TPSA) is 86.4 Å². The number of ether oxygens (including phenoxy) is 1. The van der Waals surface area contributed by atoms with E-state index in [9.17, 15) is 9.59 Å². The second kappa shape index (κ2) is 8.31. The van der Waals surface area contributed by atoms with Crippen molar-refractivity contribution in [3.05, 3.63) is 84.4 Å². The van der Waals surface area contributed by atoms with E-state index in [1.807, 2.05) is 54.6 Å². The second-order valence-electron chi connectivity index (χ2n) is 7.90. The third-order valence-electron chi connectivity index (χ3n) is 5.84. The number of hydrogen-bond acceptors (Lipinski definition) is 4. The first-order valence-electron chi connectivity index (χ1n) is 10.8. The Morgan fingerprint density at radius 1 is 0.879 bits per heavy atom. The third-order valence-corrected chi connectivity index (χ3v) is 5.84. The minimum atomic E-state index is -0.630. The zero-order valence-electron chi connectivity index (χ0n) is 18.2. The van der Waals surface area contributed by atoms with Crippen LogP contribution in [0.2, 0.25) is 0 Å². The fraction of sp³-hybridized carbons (Fsp3) is 0.111. The van der Waals surface area contributed by atoms with Crippen LogP contribution in [-0.4, -0.2) is 23.1 Å². The Morgan fingerprint density at radius 3 is 2.36 bits per heavy atom. The highest BCUT2D eigenvalue weighted by Crippen LogP contribution is 2.31. The van der Waals surface area contributed by atoms with Gasteiger partial charge in [0, 0.05) is 39.7 Å². The van der Waals surface area contributed by atoms with E-state index in [1.54, 1.807) is 12.1 Å². The van der Waals surface area contributed by atoms with Crippen LogP contribution in [0.4, 0.5) is 11.4 Å². The molecule has 33 heavy (non-hydrogen) atoms. The van der Waals surface area contributed by atoms with Crippen molar-refractivity contribution in [2.24, 2.45) is 0 Å². The fourth-order valence-electron chi connectivity index (χ4n) is 4.31. The Hall–Kier alpha value is -4.32. The number of aromatic nitrogens is 1. The lowest BCUT2D eigenvalue weighted by molar-refractivity contribution is -0.119. The average Bonchev–Trinajstić information content (AvgIpc) is 3.15. The van der Waals surface area contributed by atoms with Gasteiger partial charge in [-0.15, -0.1) is 0 Å². The van der Waals surface area contributed by atoms with Crippen molar-refractivity contribution < 1.29 is 14.3 Å². The van der Waals surface area contributed by atoms with Crippen molar-refractivity contribution in [1.82, 2.24) is 4.57 Å². The molecule has 0 aliphatic carbocycles. The maximum atomic E-state index is 12.5. The van der Waals surface area contributed by atoms with Crippen LogP contribution >= 0.6 is 0 Å². The molecular weight excluding hydrogens is 414 g/mol. The number of carbonyl (C=O) groups excluding carboxylic acids is 2. The van der Waals surface area contributed by atoms with E-state index >= 15 is 0 Å². The van der Waals surface area contributed by atoms with Crippen LogP contribution < -0.4 is 11.1 Å². The molecule has 0 unspecified atom stereocenters. The van der Waals surface area contributed by atoms with E-state index in [1.165, 1.54) is 0 Å². The standard InChI is InChI=1S/C27H23N3O3/c1-2-30-24-10-6-5-9-20(24)21-15-19(11-12-25(21)30)29-26(31)16-33-27(32)22-13-17-7-3-4-8-18(17)14-23(22)28/h3-15H,2,16,28H2,1H3,(H,29,31). The van der Waals surface area contributed by atoms with Crippen LogP contribution in [-0.2, 0) is 16.1 Å². The Morgan fingerprint density at radius 2 is 1.58 bits per heavy atom. The summed E-state index contributed by atoms with van der Waals surface area (Å²) in [6, 6.07) is 25.0. The molecule has 0 fully saturated rings. The van der Waals surface area contributed by atoms with Gasteiger partial charge in [-0.25, -0.2) is 4.79 Å². The molecule has 164 valence electrons. The number of hydrogen-bond donors (Lipinski definition) is 2. The summed E-state index contributed by atoms with van der Waals surface area (Å²) >= 11 is 0. The summed E-state index contributed by atoms with van der Waals surface area (Å²) < 4.78 is 7.48. The van der Waals surface area contributed by atoms with Gasteiger partial charge in [-0.3, -0.25) is 4.79 Å². The zero-order chi connectivity index (χ0) is 22.9. The largest absolute Gasteiger partial charge is 0.452 e. The van der Waals surface area contributed by atoms with Gasteiger partial charge < -0.3 is 20.4 Å². The number of anilines is 2. The first-order valence-corrected chi connectivity index (χ1v) is 10.8. The lowest BCUT2D eigenvalue weighted by atomic mass is 10.1. The molecule has 0 spiro atoms. The fourth-order valence-corrected chi connectivity index (χ4v) is 4.31. The Labute approximate surface area is 190 Å². The minimum Gasteiger partial charge on any atom is -0.452 e. The van der Waals surface area contributed by atoms with Gasteiger partial charge in [0.1, 0.15) is 0 Å². The van der Waals surface area contributed by atoms with E-state index in [-0.39, 0.29) is 5.56 Å². The van der Waals surface area contributed by atoms with Crippen LogP contribution in [0.1, 0.15) is 17.3 Å². The van der Waals surface area contributed by atoms with Crippen molar-refractivity contribution >= 4 is 55.8 Å². The van der Waals surface area contributed by atoms with Crippen molar-refractivity contribution in [3.63, 3.8) is 0 Å². The number of para-hydroxylation sites is 1. The maximum Gasteiger partial charge on any atom is 0.340 e.